The van der Waals surface area contributed by atoms with Gasteiger partial charge in [0.15, 0.2) is 0 Å². The maximum absolute atomic E-state index is 5.25. The van der Waals surface area contributed by atoms with Crippen molar-refractivity contribution in [2.24, 2.45) is 0 Å². The van der Waals surface area contributed by atoms with Crippen LogP contribution in [0.2, 0.25) is 0 Å². The van der Waals surface area contributed by atoms with Gasteiger partial charge in [0.05, 0.1) is 0 Å². The molecule has 0 spiro atoms. The number of benzene rings is 1. The van der Waals surface area contributed by atoms with E-state index >= 15 is 0 Å². The third-order valence-electron chi connectivity index (χ3n) is 2.44. The van der Waals surface area contributed by atoms with Gasteiger partial charge in [-0.2, -0.15) is 0 Å². The predicted octanol–water partition coefficient (Wildman–Crippen LogP) is 3.36. The van der Waals surface area contributed by atoms with Crippen molar-refractivity contribution in [2.75, 3.05) is 7.05 Å². The first kappa shape index (κ1) is 12.5. The molecule has 0 aliphatic heterocycles. The molecular weight excluding hydrogens is 297 g/mol. The topological polar surface area (TPSA) is 12.0 Å². The first-order valence-corrected chi connectivity index (χ1v) is 6.22. The van der Waals surface area contributed by atoms with Crippen molar-refractivity contribution in [3.05, 3.63) is 33.4 Å². The van der Waals surface area contributed by atoms with Crippen LogP contribution in [0, 0.1) is 15.9 Å². The fraction of sp³-hybridized carbons (Fsp3) is 0.385. The molecule has 0 bridgehead atoms. The number of nitrogens with one attached hydrogen (secondary N) is 1. The molecule has 0 heterocycles. The molecule has 2 heteroatoms. The number of halogens is 1. The second-order valence-electron chi connectivity index (χ2n) is 3.46. The zero-order valence-corrected chi connectivity index (χ0v) is 11.1. The molecule has 80 valence electrons. The van der Waals surface area contributed by atoms with Gasteiger partial charge in [-0.05, 0) is 54.1 Å². The van der Waals surface area contributed by atoms with Gasteiger partial charge in [-0.15, -0.1) is 12.3 Å². The highest BCUT2D eigenvalue weighted by molar-refractivity contribution is 14.1. The Bertz CT molecular complexity index is 341. The van der Waals surface area contributed by atoms with Crippen molar-refractivity contribution in [2.45, 2.75) is 25.3 Å². The van der Waals surface area contributed by atoms with Crippen molar-refractivity contribution in [1.82, 2.24) is 5.32 Å². The third-order valence-corrected chi connectivity index (χ3v) is 3.43. The SMILES string of the molecule is C#CCCCC(NC)c1ccccc1I. The number of unbranched alkanes of at least 4 members (excludes halogenated alkanes) is 1. The summed E-state index contributed by atoms with van der Waals surface area (Å²) in [6.07, 6.45) is 8.29. The molecule has 0 fully saturated rings. The Kier molecular flexibility index (Phi) is 5.74. The van der Waals surface area contributed by atoms with Crippen molar-refractivity contribution in [3.63, 3.8) is 0 Å². The van der Waals surface area contributed by atoms with Gasteiger partial charge >= 0.3 is 0 Å². The van der Waals surface area contributed by atoms with Crippen LogP contribution in [-0.4, -0.2) is 7.05 Å². The van der Waals surface area contributed by atoms with Crippen LogP contribution in [0.15, 0.2) is 24.3 Å². The molecule has 0 aliphatic carbocycles. The van der Waals surface area contributed by atoms with E-state index in [1.807, 2.05) is 7.05 Å². The summed E-state index contributed by atoms with van der Waals surface area (Å²) in [6.45, 7) is 0. The molecular formula is C13H16IN. The normalized spacial score (nSPS) is 12.1. The molecule has 0 radical (unpaired) electrons. The Labute approximate surface area is 106 Å². The fourth-order valence-electron chi connectivity index (χ4n) is 1.62. The van der Waals surface area contributed by atoms with Gasteiger partial charge in [-0.25, -0.2) is 0 Å². The van der Waals surface area contributed by atoms with Gasteiger partial charge in [-0.1, -0.05) is 18.2 Å². The molecule has 0 saturated carbocycles. The number of rotatable bonds is 5. The van der Waals surface area contributed by atoms with E-state index in [0.717, 1.165) is 19.3 Å². The molecule has 1 nitrogen and oxygen atoms in total. The predicted molar refractivity (Wildman–Crippen MR) is 73.6 cm³/mol. The molecule has 1 aromatic carbocycles. The fourth-order valence-corrected chi connectivity index (χ4v) is 2.38. The van der Waals surface area contributed by atoms with E-state index in [4.69, 9.17) is 6.42 Å². The van der Waals surface area contributed by atoms with Crippen LogP contribution < -0.4 is 5.32 Å². The van der Waals surface area contributed by atoms with Gasteiger partial charge in [-0.3, -0.25) is 0 Å². The largest absolute Gasteiger partial charge is 0.313 e. The molecule has 0 aromatic heterocycles. The Balaban J connectivity index is 2.66. The lowest BCUT2D eigenvalue weighted by Gasteiger charge is -2.17. The molecule has 1 aromatic rings. The average Bonchev–Trinajstić information content (AvgIpc) is 2.26. The first-order chi connectivity index (χ1) is 7.29. The lowest BCUT2D eigenvalue weighted by molar-refractivity contribution is 0.530. The van der Waals surface area contributed by atoms with Crippen LogP contribution in [0.4, 0.5) is 0 Å². The molecule has 1 unspecified atom stereocenters. The summed E-state index contributed by atoms with van der Waals surface area (Å²) in [4.78, 5) is 0. The van der Waals surface area contributed by atoms with E-state index in [1.165, 1.54) is 9.13 Å². The highest BCUT2D eigenvalue weighted by Crippen LogP contribution is 2.23. The smallest absolute Gasteiger partial charge is 0.0328 e. The Hall–Kier alpha value is -0.530. The van der Waals surface area contributed by atoms with Crippen molar-refractivity contribution >= 4 is 22.6 Å². The summed E-state index contributed by atoms with van der Waals surface area (Å²) in [7, 11) is 2.00. The second-order valence-corrected chi connectivity index (χ2v) is 4.62. The lowest BCUT2D eigenvalue weighted by atomic mass is 10.0. The van der Waals surface area contributed by atoms with Crippen LogP contribution in [0.1, 0.15) is 30.9 Å². The summed E-state index contributed by atoms with van der Waals surface area (Å²) in [5, 5.41) is 3.34. The molecule has 0 aliphatic rings. The van der Waals surface area contributed by atoms with Gasteiger partial charge in [0.2, 0.25) is 0 Å². The van der Waals surface area contributed by atoms with Gasteiger partial charge in [0.25, 0.3) is 0 Å². The summed E-state index contributed by atoms with van der Waals surface area (Å²) in [5.41, 5.74) is 1.37. The van der Waals surface area contributed by atoms with E-state index in [9.17, 15) is 0 Å². The van der Waals surface area contributed by atoms with Crippen LogP contribution in [0.25, 0.3) is 0 Å². The Morgan fingerprint density at radius 3 is 2.80 bits per heavy atom. The minimum atomic E-state index is 0.423. The lowest BCUT2D eigenvalue weighted by Crippen LogP contribution is -2.17. The molecule has 15 heavy (non-hydrogen) atoms. The number of hydrogen-bond donors (Lipinski definition) is 1. The summed E-state index contributed by atoms with van der Waals surface area (Å²) >= 11 is 2.38. The minimum Gasteiger partial charge on any atom is -0.313 e. The van der Waals surface area contributed by atoms with E-state index in [2.05, 4.69) is 58.1 Å². The van der Waals surface area contributed by atoms with Crippen LogP contribution >= 0.6 is 22.6 Å². The summed E-state index contributed by atoms with van der Waals surface area (Å²) < 4.78 is 1.31. The maximum atomic E-state index is 5.25. The average molecular weight is 313 g/mol. The zero-order chi connectivity index (χ0) is 11.1. The van der Waals surface area contributed by atoms with Crippen LogP contribution in [0.3, 0.4) is 0 Å². The van der Waals surface area contributed by atoms with Crippen molar-refractivity contribution in [3.8, 4) is 12.3 Å². The van der Waals surface area contributed by atoms with Gasteiger partial charge in [0.1, 0.15) is 0 Å². The quantitative estimate of drug-likeness (QED) is 0.499. The number of hydrogen-bond acceptors (Lipinski definition) is 1. The molecule has 1 N–H and O–H groups in total. The van der Waals surface area contributed by atoms with Crippen molar-refractivity contribution in [1.29, 1.82) is 0 Å². The Morgan fingerprint density at radius 1 is 1.47 bits per heavy atom. The molecule has 1 rings (SSSR count). The molecule has 0 saturated heterocycles. The zero-order valence-electron chi connectivity index (χ0n) is 8.96. The standard InChI is InChI=1S/C13H16IN/c1-3-4-5-10-13(15-2)11-8-6-7-9-12(11)14/h1,6-9,13,15H,4-5,10H2,2H3. The van der Waals surface area contributed by atoms with Crippen molar-refractivity contribution < 1.29 is 0 Å². The summed E-state index contributed by atoms with van der Waals surface area (Å²) in [6, 6.07) is 8.90. The number of terminal acetylenes is 1. The Morgan fingerprint density at radius 2 is 2.20 bits per heavy atom. The minimum absolute atomic E-state index is 0.423. The maximum Gasteiger partial charge on any atom is 0.0328 e. The highest BCUT2D eigenvalue weighted by atomic mass is 127. The van der Waals surface area contributed by atoms with E-state index in [1.54, 1.807) is 0 Å². The third kappa shape index (κ3) is 3.84. The van der Waals surface area contributed by atoms with Crippen LogP contribution in [-0.2, 0) is 0 Å². The van der Waals surface area contributed by atoms with Gasteiger partial charge < -0.3 is 5.32 Å². The van der Waals surface area contributed by atoms with E-state index < -0.39 is 0 Å². The van der Waals surface area contributed by atoms with E-state index in [-0.39, 0.29) is 0 Å². The monoisotopic (exact) mass is 313 g/mol. The van der Waals surface area contributed by atoms with Gasteiger partial charge in [0, 0.05) is 16.0 Å². The summed E-state index contributed by atoms with van der Waals surface area (Å²) in [5.74, 6) is 2.68. The second kappa shape index (κ2) is 6.86. The van der Waals surface area contributed by atoms with Crippen LogP contribution in [0.5, 0.6) is 0 Å². The van der Waals surface area contributed by atoms with E-state index in [0.29, 0.717) is 6.04 Å². The molecule has 1 atom stereocenters. The molecule has 0 amide bonds. The first-order valence-electron chi connectivity index (χ1n) is 5.14. The highest BCUT2D eigenvalue weighted by Gasteiger charge is 2.10.